The van der Waals surface area contributed by atoms with Crippen LogP contribution in [0.4, 0.5) is 40.0 Å². The third-order valence-electron chi connectivity index (χ3n) is 12.0. The molecule has 3 N–H and O–H groups in total. The SMILES string of the molecule is CC(C)c1cccc(C(C)C)c1N1C=CN(c2c(C(C)C)cccc2C(C)C)C1.CC(C)c1cccc(C(C)C)c1N1C=CN(c2c(C(C)C)cccc2C(C)C)C1.F[B-](F)(F)F.[Au].[Au].[OH3+]. The molecule has 66 heavy (non-hydrogen) atoms. The Morgan fingerprint density at radius 1 is 0.318 bits per heavy atom. The van der Waals surface area contributed by atoms with Crippen LogP contribution < -0.4 is 19.6 Å². The van der Waals surface area contributed by atoms with Gasteiger partial charge in [-0.05, 0) is 91.9 Å². The van der Waals surface area contributed by atoms with E-state index in [9.17, 15) is 17.3 Å². The molecule has 0 bridgehead atoms. The van der Waals surface area contributed by atoms with Gasteiger partial charge in [0.25, 0.3) is 0 Å². The van der Waals surface area contributed by atoms with E-state index in [0.29, 0.717) is 47.3 Å². The summed E-state index contributed by atoms with van der Waals surface area (Å²) in [4.78, 5) is 9.80. The number of rotatable bonds is 12. The molecular weight excluding hydrogens is 1200 g/mol. The van der Waals surface area contributed by atoms with Crippen LogP contribution in [0.15, 0.2) is 97.6 Å². The summed E-state index contributed by atoms with van der Waals surface area (Å²) < 4.78 is 39.0. The van der Waals surface area contributed by atoms with Crippen molar-refractivity contribution >= 4 is 30.0 Å². The minimum atomic E-state index is -6.00. The summed E-state index contributed by atoms with van der Waals surface area (Å²) in [5.74, 6) is 4.00. The van der Waals surface area contributed by atoms with Gasteiger partial charge in [0.05, 0.1) is 13.3 Å². The van der Waals surface area contributed by atoms with Gasteiger partial charge in [0.2, 0.25) is 0 Å². The molecule has 0 spiro atoms. The van der Waals surface area contributed by atoms with Crippen molar-refractivity contribution in [3.8, 4) is 0 Å². The number of hydrogen-bond donors (Lipinski definition) is 0. The van der Waals surface area contributed by atoms with E-state index in [-0.39, 0.29) is 50.2 Å². The molecule has 2 aliphatic rings. The third kappa shape index (κ3) is 15.4. The Kier molecular flexibility index (Phi) is 24.4. The zero-order chi connectivity index (χ0) is 47.1. The van der Waals surface area contributed by atoms with E-state index in [0.717, 1.165) is 13.3 Å². The number of nitrogens with zero attached hydrogens (tertiary/aromatic N) is 4. The molecule has 0 fully saturated rings. The zero-order valence-corrected chi connectivity index (χ0v) is 46.7. The largest absolute Gasteiger partial charge is 0.673 e. The molecule has 4 aromatic rings. The summed E-state index contributed by atoms with van der Waals surface area (Å²) in [6, 6.07) is 27.2. The topological polar surface area (TPSA) is 46.0 Å². The minimum Gasteiger partial charge on any atom is -0.457 e. The van der Waals surface area contributed by atoms with E-state index >= 15 is 0 Å². The second-order valence-corrected chi connectivity index (χ2v) is 19.6. The van der Waals surface area contributed by atoms with Crippen molar-refractivity contribution < 1.29 is 67.5 Å². The van der Waals surface area contributed by atoms with Crippen molar-refractivity contribution in [2.45, 2.75) is 158 Å². The maximum atomic E-state index is 9.75. The zero-order valence-electron chi connectivity index (χ0n) is 42.3. The summed E-state index contributed by atoms with van der Waals surface area (Å²) in [6.45, 7) is 38.5. The molecular formula is C54H79Au2BF4N4O. The number of anilines is 4. The Hall–Kier alpha value is -3.21. The predicted octanol–water partition coefficient (Wildman–Crippen LogP) is 16.2. The van der Waals surface area contributed by atoms with E-state index in [2.05, 4.69) is 228 Å². The minimum absolute atomic E-state index is 0. The molecule has 12 heteroatoms. The Balaban J connectivity index is 0.000000575. The fourth-order valence-electron chi connectivity index (χ4n) is 8.79. The van der Waals surface area contributed by atoms with Crippen molar-refractivity contribution in [1.82, 2.24) is 0 Å². The molecule has 5 nitrogen and oxygen atoms in total. The van der Waals surface area contributed by atoms with Crippen molar-refractivity contribution in [1.29, 1.82) is 0 Å². The summed E-state index contributed by atoms with van der Waals surface area (Å²) in [7, 11) is -6.00. The van der Waals surface area contributed by atoms with Crippen molar-refractivity contribution in [2.75, 3.05) is 32.9 Å². The Bertz CT molecular complexity index is 1780. The molecule has 0 unspecified atom stereocenters. The molecule has 0 saturated heterocycles. The van der Waals surface area contributed by atoms with Gasteiger partial charge < -0.3 is 42.3 Å². The van der Waals surface area contributed by atoms with Gasteiger partial charge in [-0.1, -0.05) is 184 Å². The molecule has 2 aliphatic heterocycles. The van der Waals surface area contributed by atoms with Crippen LogP contribution in [0.2, 0.25) is 0 Å². The molecule has 2 radical (unpaired) electrons. The molecule has 0 aromatic heterocycles. The van der Waals surface area contributed by atoms with Crippen LogP contribution >= 0.6 is 0 Å². The van der Waals surface area contributed by atoms with Gasteiger partial charge in [0.1, 0.15) is 0 Å². The predicted molar refractivity (Wildman–Crippen MR) is 271 cm³/mol. The number of benzene rings is 4. The molecule has 2 heterocycles. The maximum absolute atomic E-state index is 9.75. The standard InChI is InChI=1S/2C27H38N2.2Au.BF4.H2O/c2*1-18(2)22-11-9-12-23(19(3)4)26(22)28-15-16-29(17-28)27-24(20(5)6)13-10-14-25(27)21(7)8;;;2-1(3,4)5;/h2*9-16,18-21H,17H2,1-8H3;;;;1H2/q;;;;-1;/p+1. The first kappa shape index (κ1) is 60.8. The van der Waals surface area contributed by atoms with Crippen LogP contribution in [-0.4, -0.2) is 20.6 Å². The molecule has 374 valence electrons. The van der Waals surface area contributed by atoms with Crippen LogP contribution in [0.1, 0.15) is 203 Å². The van der Waals surface area contributed by atoms with E-state index in [1.807, 2.05) is 0 Å². The van der Waals surface area contributed by atoms with Crippen LogP contribution in [0.3, 0.4) is 0 Å². The number of hydrogen-bond acceptors (Lipinski definition) is 4. The normalized spacial score (nSPS) is 13.5. The smallest absolute Gasteiger partial charge is 0.457 e. The average Bonchev–Trinajstić information content (AvgIpc) is 3.90. The van der Waals surface area contributed by atoms with Crippen LogP contribution in [0.5, 0.6) is 0 Å². The van der Waals surface area contributed by atoms with E-state index < -0.39 is 7.25 Å². The van der Waals surface area contributed by atoms with Crippen molar-refractivity contribution in [3.05, 3.63) is 142 Å². The van der Waals surface area contributed by atoms with Gasteiger partial charge in [-0.2, -0.15) is 0 Å². The van der Waals surface area contributed by atoms with Gasteiger partial charge in [-0.25, -0.2) is 0 Å². The Morgan fingerprint density at radius 2 is 0.439 bits per heavy atom. The average molecular weight is 1280 g/mol. The molecule has 0 atom stereocenters. The van der Waals surface area contributed by atoms with E-state index in [1.165, 1.54) is 67.3 Å². The first-order valence-electron chi connectivity index (χ1n) is 23.3. The second kappa shape index (κ2) is 26.5. The van der Waals surface area contributed by atoms with Gasteiger partial charge in [0, 0.05) is 92.3 Å². The summed E-state index contributed by atoms with van der Waals surface area (Å²) in [5.41, 5.74) is 17.0. The van der Waals surface area contributed by atoms with E-state index in [4.69, 9.17) is 0 Å². The molecule has 0 aliphatic carbocycles. The monoisotopic (exact) mass is 1280 g/mol. The maximum Gasteiger partial charge on any atom is 0.673 e. The molecule has 6 rings (SSSR count). The van der Waals surface area contributed by atoms with Gasteiger partial charge in [-0.3, -0.25) is 0 Å². The van der Waals surface area contributed by atoms with Crippen molar-refractivity contribution in [2.24, 2.45) is 0 Å². The van der Waals surface area contributed by atoms with Crippen LogP contribution in [0.25, 0.3) is 0 Å². The molecule has 4 aromatic carbocycles. The summed E-state index contributed by atoms with van der Waals surface area (Å²) in [5, 5.41) is 0. The summed E-state index contributed by atoms with van der Waals surface area (Å²) in [6.07, 6.45) is 9.09. The first-order chi connectivity index (χ1) is 29.4. The van der Waals surface area contributed by atoms with Gasteiger partial charge in [-0.15, -0.1) is 0 Å². The third-order valence-corrected chi connectivity index (χ3v) is 12.0. The van der Waals surface area contributed by atoms with E-state index in [1.54, 1.807) is 0 Å². The molecule has 0 saturated carbocycles. The quantitative estimate of drug-likeness (QED) is 0.0806. The van der Waals surface area contributed by atoms with Crippen LogP contribution in [-0.2, 0) is 50.2 Å². The first-order valence-corrected chi connectivity index (χ1v) is 23.3. The Labute approximate surface area is 427 Å². The Morgan fingerprint density at radius 3 is 0.545 bits per heavy atom. The number of para-hydroxylation sites is 4. The second-order valence-electron chi connectivity index (χ2n) is 19.6. The van der Waals surface area contributed by atoms with Gasteiger partial charge >= 0.3 is 7.25 Å². The fraction of sp³-hybridized carbons (Fsp3) is 0.481. The molecule has 0 amide bonds. The fourth-order valence-corrected chi connectivity index (χ4v) is 8.79. The van der Waals surface area contributed by atoms with Crippen molar-refractivity contribution in [3.63, 3.8) is 0 Å². The van der Waals surface area contributed by atoms with Gasteiger partial charge in [0.15, 0.2) is 0 Å². The number of halogens is 4. The summed E-state index contributed by atoms with van der Waals surface area (Å²) >= 11 is 0. The van der Waals surface area contributed by atoms with Crippen LogP contribution in [0, 0.1) is 0 Å².